The van der Waals surface area contributed by atoms with Crippen LogP contribution in [0.4, 0.5) is 5.69 Å². The van der Waals surface area contributed by atoms with E-state index < -0.39 is 0 Å². The summed E-state index contributed by atoms with van der Waals surface area (Å²) in [5, 5.41) is 1.79. The summed E-state index contributed by atoms with van der Waals surface area (Å²) in [7, 11) is 0. The molecule has 0 aliphatic carbocycles. The topological polar surface area (TPSA) is 53.6 Å². The summed E-state index contributed by atoms with van der Waals surface area (Å²) in [5.74, 6) is 0.483. The molecule has 0 radical (unpaired) electrons. The van der Waals surface area contributed by atoms with Crippen molar-refractivity contribution in [2.24, 2.45) is 10.7 Å². The van der Waals surface area contributed by atoms with E-state index in [9.17, 15) is 0 Å². The third-order valence-electron chi connectivity index (χ3n) is 1.91. The van der Waals surface area contributed by atoms with E-state index in [1.807, 2.05) is 36.4 Å². The Bertz CT molecular complexity index is 356. The van der Waals surface area contributed by atoms with Gasteiger partial charge in [0.1, 0.15) is 0 Å². The fourth-order valence-corrected chi connectivity index (χ4v) is 1.22. The Labute approximate surface area is 82.7 Å². The molecule has 0 spiro atoms. The van der Waals surface area contributed by atoms with Crippen molar-refractivity contribution in [3.8, 4) is 0 Å². The number of hydrogen-bond acceptors (Lipinski definition) is 4. The van der Waals surface area contributed by atoms with Crippen molar-refractivity contribution in [1.29, 1.82) is 0 Å². The van der Waals surface area contributed by atoms with E-state index in [0.717, 1.165) is 12.2 Å². The van der Waals surface area contributed by atoms with Crippen LogP contribution in [0.3, 0.4) is 0 Å². The van der Waals surface area contributed by atoms with Crippen molar-refractivity contribution in [3.63, 3.8) is 0 Å². The second-order valence-electron chi connectivity index (χ2n) is 2.96. The van der Waals surface area contributed by atoms with Crippen LogP contribution in [0, 0.1) is 0 Å². The minimum atomic E-state index is 0.483. The maximum absolute atomic E-state index is 5.69. The first kappa shape index (κ1) is 8.62. The number of hydrazine groups is 1. The van der Waals surface area contributed by atoms with Crippen LogP contribution in [0.5, 0.6) is 0 Å². The Hall–Kier alpha value is -1.97. The van der Waals surface area contributed by atoms with E-state index in [4.69, 9.17) is 5.73 Å². The summed E-state index contributed by atoms with van der Waals surface area (Å²) in [4.78, 5) is 3.98. The standard InChI is InChI=1S/C10H12N4/c11-10-12-7-4-8-14(10)13-9-5-2-1-3-6-9/h1-7,13H,8H2,(H2,11,12). The predicted molar refractivity (Wildman–Crippen MR) is 57.5 cm³/mol. The molecule has 0 amide bonds. The fourth-order valence-electron chi connectivity index (χ4n) is 1.22. The van der Waals surface area contributed by atoms with Gasteiger partial charge in [0.05, 0.1) is 12.2 Å². The molecular formula is C10H12N4. The molecule has 72 valence electrons. The molecule has 4 nitrogen and oxygen atoms in total. The lowest BCUT2D eigenvalue weighted by Gasteiger charge is -2.25. The minimum absolute atomic E-state index is 0.483. The summed E-state index contributed by atoms with van der Waals surface area (Å²) in [6.07, 6.45) is 3.64. The lowest BCUT2D eigenvalue weighted by molar-refractivity contribution is 0.538. The molecule has 0 fully saturated rings. The molecule has 0 saturated heterocycles. The maximum Gasteiger partial charge on any atom is 0.215 e. The van der Waals surface area contributed by atoms with Crippen LogP contribution in [0.2, 0.25) is 0 Å². The molecule has 1 aromatic rings. The van der Waals surface area contributed by atoms with Gasteiger partial charge in [0.2, 0.25) is 5.96 Å². The van der Waals surface area contributed by atoms with Gasteiger partial charge in [-0.05, 0) is 18.2 Å². The van der Waals surface area contributed by atoms with Gasteiger partial charge in [-0.1, -0.05) is 18.2 Å². The van der Waals surface area contributed by atoms with Gasteiger partial charge in [0.15, 0.2) is 0 Å². The van der Waals surface area contributed by atoms with Crippen molar-refractivity contribution in [2.75, 3.05) is 12.0 Å². The monoisotopic (exact) mass is 188 g/mol. The first-order chi connectivity index (χ1) is 6.86. The number of nitrogens with one attached hydrogen (secondary N) is 1. The first-order valence-electron chi connectivity index (χ1n) is 4.44. The Kier molecular flexibility index (Phi) is 2.36. The molecule has 0 unspecified atom stereocenters. The van der Waals surface area contributed by atoms with E-state index in [0.29, 0.717) is 5.96 Å². The van der Waals surface area contributed by atoms with Gasteiger partial charge in [-0.15, -0.1) is 0 Å². The molecule has 1 heterocycles. The number of rotatable bonds is 2. The molecule has 1 aliphatic heterocycles. The Morgan fingerprint density at radius 3 is 2.79 bits per heavy atom. The largest absolute Gasteiger partial charge is 0.368 e. The number of anilines is 1. The summed E-state index contributed by atoms with van der Waals surface area (Å²) < 4.78 is 0. The van der Waals surface area contributed by atoms with Crippen LogP contribution in [0.1, 0.15) is 0 Å². The third-order valence-corrected chi connectivity index (χ3v) is 1.91. The number of guanidine groups is 1. The number of hydrogen-bond donors (Lipinski definition) is 2. The summed E-state index contributed by atoms with van der Waals surface area (Å²) in [6.45, 7) is 0.726. The van der Waals surface area contributed by atoms with Crippen LogP contribution in [-0.4, -0.2) is 17.5 Å². The molecule has 0 saturated carbocycles. The molecule has 1 aromatic carbocycles. The fraction of sp³-hybridized carbons (Fsp3) is 0.100. The molecular weight excluding hydrogens is 176 g/mol. The highest BCUT2D eigenvalue weighted by Gasteiger charge is 2.07. The minimum Gasteiger partial charge on any atom is -0.368 e. The Morgan fingerprint density at radius 1 is 1.29 bits per heavy atom. The van der Waals surface area contributed by atoms with Crippen LogP contribution < -0.4 is 11.2 Å². The number of para-hydroxylation sites is 1. The SMILES string of the molecule is NC1=NC=CCN1Nc1ccccc1. The van der Waals surface area contributed by atoms with Gasteiger partial charge in [0, 0.05) is 6.20 Å². The molecule has 0 atom stereocenters. The van der Waals surface area contributed by atoms with Crippen molar-refractivity contribution < 1.29 is 0 Å². The highest BCUT2D eigenvalue weighted by atomic mass is 15.5. The average molecular weight is 188 g/mol. The predicted octanol–water partition coefficient (Wildman–Crippen LogP) is 1.16. The van der Waals surface area contributed by atoms with Gasteiger partial charge in [-0.25, -0.2) is 4.99 Å². The van der Waals surface area contributed by atoms with E-state index in [-0.39, 0.29) is 0 Å². The molecule has 4 heteroatoms. The normalized spacial score (nSPS) is 15.1. The number of aliphatic imine (C=N–C) groups is 1. The third kappa shape index (κ3) is 1.85. The molecule has 0 aromatic heterocycles. The van der Waals surface area contributed by atoms with Gasteiger partial charge in [0.25, 0.3) is 0 Å². The number of nitrogens with zero attached hydrogens (tertiary/aromatic N) is 2. The van der Waals surface area contributed by atoms with Crippen LogP contribution in [0.15, 0.2) is 47.6 Å². The molecule has 3 N–H and O–H groups in total. The van der Waals surface area contributed by atoms with Gasteiger partial charge < -0.3 is 5.73 Å². The van der Waals surface area contributed by atoms with Gasteiger partial charge in [-0.2, -0.15) is 0 Å². The Morgan fingerprint density at radius 2 is 2.07 bits per heavy atom. The molecule has 14 heavy (non-hydrogen) atoms. The maximum atomic E-state index is 5.69. The molecule has 1 aliphatic rings. The smallest absolute Gasteiger partial charge is 0.215 e. The zero-order valence-corrected chi connectivity index (χ0v) is 7.72. The summed E-state index contributed by atoms with van der Waals surface area (Å²) in [5.41, 5.74) is 9.85. The van der Waals surface area contributed by atoms with Crippen molar-refractivity contribution in [1.82, 2.24) is 5.01 Å². The first-order valence-corrected chi connectivity index (χ1v) is 4.44. The highest BCUT2D eigenvalue weighted by Crippen LogP contribution is 2.07. The summed E-state index contributed by atoms with van der Waals surface area (Å²) in [6, 6.07) is 9.86. The second kappa shape index (κ2) is 3.83. The van der Waals surface area contributed by atoms with Gasteiger partial charge in [-0.3, -0.25) is 10.4 Å². The van der Waals surface area contributed by atoms with E-state index >= 15 is 0 Å². The van der Waals surface area contributed by atoms with E-state index in [2.05, 4.69) is 10.4 Å². The quantitative estimate of drug-likeness (QED) is 0.732. The zero-order valence-electron chi connectivity index (χ0n) is 7.72. The van der Waals surface area contributed by atoms with Gasteiger partial charge >= 0.3 is 0 Å². The second-order valence-corrected chi connectivity index (χ2v) is 2.96. The lowest BCUT2D eigenvalue weighted by atomic mass is 10.3. The van der Waals surface area contributed by atoms with Crippen molar-refractivity contribution >= 4 is 11.6 Å². The number of nitrogens with two attached hydrogens (primary N) is 1. The lowest BCUT2D eigenvalue weighted by Crippen LogP contribution is -2.42. The Balaban J connectivity index is 2.05. The van der Waals surface area contributed by atoms with E-state index in [1.54, 1.807) is 11.2 Å². The van der Waals surface area contributed by atoms with Crippen molar-refractivity contribution in [2.45, 2.75) is 0 Å². The van der Waals surface area contributed by atoms with Crippen molar-refractivity contribution in [3.05, 3.63) is 42.6 Å². The summed E-state index contributed by atoms with van der Waals surface area (Å²) >= 11 is 0. The van der Waals surface area contributed by atoms with Crippen LogP contribution >= 0.6 is 0 Å². The average Bonchev–Trinajstić information content (AvgIpc) is 2.23. The van der Waals surface area contributed by atoms with Crippen LogP contribution in [-0.2, 0) is 0 Å². The zero-order chi connectivity index (χ0) is 9.80. The highest BCUT2D eigenvalue weighted by molar-refractivity contribution is 5.80. The number of benzene rings is 1. The van der Waals surface area contributed by atoms with E-state index in [1.165, 1.54) is 0 Å². The van der Waals surface area contributed by atoms with Crippen LogP contribution in [0.25, 0.3) is 0 Å². The molecule has 2 rings (SSSR count). The molecule has 0 bridgehead atoms.